The summed E-state index contributed by atoms with van der Waals surface area (Å²) in [6.07, 6.45) is 1.12. The number of ether oxygens (including phenoxy) is 1. The lowest BCUT2D eigenvalue weighted by Crippen LogP contribution is -2.11. The molecule has 3 nitrogen and oxygen atoms in total. The molecule has 0 spiro atoms. The minimum atomic E-state index is -0.305. The molecule has 1 saturated heterocycles. The number of carbonyl (C=O) groups excluding carboxylic acids is 2. The number of thioether (sulfide) groups is 1. The van der Waals surface area contributed by atoms with Crippen LogP contribution in [0.15, 0.2) is 12.8 Å². The summed E-state index contributed by atoms with van der Waals surface area (Å²) in [6, 6.07) is 0. The summed E-state index contributed by atoms with van der Waals surface area (Å²) >= 11 is 1.56. The zero-order valence-electron chi connectivity index (χ0n) is 6.36. The third-order valence-electron chi connectivity index (χ3n) is 2.22. The van der Waals surface area contributed by atoms with Gasteiger partial charge in [-0.05, 0) is 0 Å². The standard InChI is InChI=1S/C8H8O3S/c1-2-11-8(10)6-5-4(9)3-12-7(5)6/h2,5-7H,1,3H2/t5-,6-,7-/m1/s1. The minimum Gasteiger partial charge on any atom is -0.435 e. The van der Waals surface area contributed by atoms with Gasteiger partial charge in [0, 0.05) is 11.2 Å². The lowest BCUT2D eigenvalue weighted by molar-refractivity contribution is -0.140. The van der Waals surface area contributed by atoms with E-state index >= 15 is 0 Å². The topological polar surface area (TPSA) is 43.4 Å². The number of fused-ring (bicyclic) bond motifs is 1. The van der Waals surface area contributed by atoms with E-state index in [0.29, 0.717) is 5.75 Å². The highest BCUT2D eigenvalue weighted by atomic mass is 32.2. The summed E-state index contributed by atoms with van der Waals surface area (Å²) in [5.41, 5.74) is 0. The Morgan fingerprint density at radius 2 is 2.50 bits per heavy atom. The van der Waals surface area contributed by atoms with Crippen LogP contribution >= 0.6 is 11.8 Å². The molecule has 0 radical (unpaired) electrons. The largest absolute Gasteiger partial charge is 0.435 e. The van der Waals surface area contributed by atoms with Crippen molar-refractivity contribution in [3.05, 3.63) is 12.8 Å². The number of Topliss-reactive ketones (excluding diaryl/α,β-unsaturated/α-hetero) is 1. The molecule has 2 aliphatic rings. The molecule has 1 heterocycles. The van der Waals surface area contributed by atoms with Gasteiger partial charge in [-0.1, -0.05) is 6.58 Å². The van der Waals surface area contributed by atoms with Crippen molar-refractivity contribution >= 4 is 23.5 Å². The van der Waals surface area contributed by atoms with Crippen LogP contribution in [0, 0.1) is 11.8 Å². The maximum atomic E-state index is 11.1. The van der Waals surface area contributed by atoms with Crippen LogP contribution in [0.3, 0.4) is 0 Å². The lowest BCUT2D eigenvalue weighted by Gasteiger charge is -1.98. The summed E-state index contributed by atoms with van der Waals surface area (Å²) in [5.74, 6) is 0.209. The van der Waals surface area contributed by atoms with Gasteiger partial charge in [-0.15, -0.1) is 11.8 Å². The Labute approximate surface area is 74.2 Å². The lowest BCUT2D eigenvalue weighted by atomic mass is 10.2. The summed E-state index contributed by atoms with van der Waals surface area (Å²) in [5, 5.41) is 0.199. The van der Waals surface area contributed by atoms with Crippen LogP contribution in [0.5, 0.6) is 0 Å². The molecule has 0 unspecified atom stereocenters. The molecule has 0 amide bonds. The van der Waals surface area contributed by atoms with Crippen LogP contribution < -0.4 is 0 Å². The SMILES string of the molecule is C=COC(=O)[C@H]1[C@@H]2SCC(=O)[C@@H]21. The van der Waals surface area contributed by atoms with Gasteiger partial charge < -0.3 is 4.74 Å². The van der Waals surface area contributed by atoms with E-state index in [1.165, 1.54) is 0 Å². The summed E-state index contributed by atoms with van der Waals surface area (Å²) in [4.78, 5) is 22.2. The average Bonchev–Trinajstić information content (AvgIpc) is 2.65. The fourth-order valence-corrected chi connectivity index (χ4v) is 3.06. The van der Waals surface area contributed by atoms with Crippen molar-refractivity contribution in [2.75, 3.05) is 5.75 Å². The molecule has 0 bridgehead atoms. The van der Waals surface area contributed by atoms with Gasteiger partial charge in [0.25, 0.3) is 0 Å². The molecule has 2 rings (SSSR count). The maximum absolute atomic E-state index is 11.1. The Hall–Kier alpha value is -0.770. The maximum Gasteiger partial charge on any atom is 0.315 e. The van der Waals surface area contributed by atoms with E-state index < -0.39 is 0 Å². The van der Waals surface area contributed by atoms with Gasteiger partial charge in [-0.3, -0.25) is 9.59 Å². The predicted octanol–water partition coefficient (Wildman–Crippen LogP) is 0.604. The Morgan fingerprint density at radius 3 is 3.00 bits per heavy atom. The smallest absolute Gasteiger partial charge is 0.315 e. The molecule has 64 valence electrons. The Kier molecular flexibility index (Phi) is 1.72. The zero-order valence-corrected chi connectivity index (χ0v) is 7.17. The van der Waals surface area contributed by atoms with Gasteiger partial charge in [0.15, 0.2) is 0 Å². The van der Waals surface area contributed by atoms with Crippen LogP contribution in [-0.2, 0) is 14.3 Å². The number of esters is 1. The van der Waals surface area contributed by atoms with E-state index in [9.17, 15) is 9.59 Å². The molecule has 3 atom stereocenters. The van der Waals surface area contributed by atoms with Crippen molar-refractivity contribution in [2.45, 2.75) is 5.25 Å². The van der Waals surface area contributed by atoms with Gasteiger partial charge in [-0.25, -0.2) is 0 Å². The average molecular weight is 184 g/mol. The summed E-state index contributed by atoms with van der Waals surface area (Å²) < 4.78 is 4.61. The van der Waals surface area contributed by atoms with Gasteiger partial charge in [0.2, 0.25) is 0 Å². The normalized spacial score (nSPS) is 37.3. The molecule has 12 heavy (non-hydrogen) atoms. The van der Waals surface area contributed by atoms with Gasteiger partial charge >= 0.3 is 5.97 Å². The predicted molar refractivity (Wildman–Crippen MR) is 44.5 cm³/mol. The Bertz CT molecular complexity index is 261. The number of hydrogen-bond acceptors (Lipinski definition) is 4. The zero-order chi connectivity index (χ0) is 8.72. The van der Waals surface area contributed by atoms with Gasteiger partial charge in [-0.2, -0.15) is 0 Å². The monoisotopic (exact) mass is 184 g/mol. The van der Waals surface area contributed by atoms with Crippen LogP contribution in [0.1, 0.15) is 0 Å². The van der Waals surface area contributed by atoms with Crippen LogP contribution in [0.4, 0.5) is 0 Å². The van der Waals surface area contributed by atoms with Crippen molar-refractivity contribution in [3.63, 3.8) is 0 Å². The molecule has 1 saturated carbocycles. The molecule has 4 heteroatoms. The van der Waals surface area contributed by atoms with Crippen molar-refractivity contribution in [2.24, 2.45) is 11.8 Å². The summed E-state index contributed by atoms with van der Waals surface area (Å²) in [6.45, 7) is 3.29. The quantitative estimate of drug-likeness (QED) is 0.465. The van der Waals surface area contributed by atoms with Crippen molar-refractivity contribution in [1.29, 1.82) is 0 Å². The molecule has 2 fully saturated rings. The molecular weight excluding hydrogens is 176 g/mol. The Balaban J connectivity index is 1.99. The molecule has 0 aromatic rings. The van der Waals surface area contributed by atoms with E-state index in [1.807, 2.05) is 0 Å². The first-order valence-corrected chi connectivity index (χ1v) is 4.76. The Morgan fingerprint density at radius 1 is 1.75 bits per heavy atom. The summed E-state index contributed by atoms with van der Waals surface area (Å²) in [7, 11) is 0. The van der Waals surface area contributed by atoms with Crippen molar-refractivity contribution in [1.82, 2.24) is 0 Å². The number of hydrogen-bond donors (Lipinski definition) is 0. The molecule has 0 N–H and O–H groups in total. The molecule has 0 aromatic carbocycles. The van der Waals surface area contributed by atoms with Crippen LogP contribution in [0.25, 0.3) is 0 Å². The second-order valence-electron chi connectivity index (χ2n) is 2.90. The number of carbonyl (C=O) groups is 2. The first kappa shape index (κ1) is 7.86. The molecular formula is C8H8O3S. The van der Waals surface area contributed by atoms with Crippen molar-refractivity contribution < 1.29 is 14.3 Å². The third kappa shape index (κ3) is 0.982. The minimum absolute atomic E-state index is 0.0533. The second-order valence-corrected chi connectivity index (χ2v) is 4.06. The van der Waals surface area contributed by atoms with E-state index in [2.05, 4.69) is 11.3 Å². The third-order valence-corrected chi connectivity index (χ3v) is 3.64. The van der Waals surface area contributed by atoms with E-state index in [1.54, 1.807) is 11.8 Å². The van der Waals surface area contributed by atoms with Crippen molar-refractivity contribution in [3.8, 4) is 0 Å². The molecule has 1 aliphatic heterocycles. The number of ketones is 1. The first-order valence-electron chi connectivity index (χ1n) is 3.71. The van der Waals surface area contributed by atoms with E-state index in [0.717, 1.165) is 6.26 Å². The highest BCUT2D eigenvalue weighted by Crippen LogP contribution is 2.54. The van der Waals surface area contributed by atoms with Crippen LogP contribution in [-0.4, -0.2) is 22.8 Å². The highest BCUT2D eigenvalue weighted by Gasteiger charge is 2.63. The molecule has 1 aliphatic carbocycles. The number of rotatable bonds is 2. The second kappa shape index (κ2) is 2.62. The van der Waals surface area contributed by atoms with Gasteiger partial charge in [0.05, 0.1) is 17.9 Å². The highest BCUT2D eigenvalue weighted by molar-refractivity contribution is 8.01. The first-order chi connectivity index (χ1) is 5.75. The van der Waals surface area contributed by atoms with Gasteiger partial charge in [0.1, 0.15) is 5.78 Å². The van der Waals surface area contributed by atoms with Crippen LogP contribution in [0.2, 0.25) is 0 Å². The fraction of sp³-hybridized carbons (Fsp3) is 0.500. The van der Waals surface area contributed by atoms with E-state index in [-0.39, 0.29) is 28.8 Å². The van der Waals surface area contributed by atoms with E-state index in [4.69, 9.17) is 0 Å². The molecule has 0 aromatic heterocycles. The fourth-order valence-electron chi connectivity index (χ4n) is 1.59.